The molecule has 0 aliphatic rings. The molecule has 0 aliphatic carbocycles. The maximum atomic E-state index is 10.6. The summed E-state index contributed by atoms with van der Waals surface area (Å²) in [4.78, 5) is 10.6. The molecule has 0 bridgehead atoms. The zero-order valence-electron chi connectivity index (χ0n) is 8.86. The molecule has 0 saturated heterocycles. The average molecular weight is 204 g/mol. The normalized spacial score (nSPS) is 15.1. The number of carbonyl (C=O) groups is 1. The number of hydrogen-bond donors (Lipinski definition) is 2. The van der Waals surface area contributed by atoms with Gasteiger partial charge in [0.15, 0.2) is 0 Å². The quantitative estimate of drug-likeness (QED) is 0.564. The lowest BCUT2D eigenvalue weighted by Gasteiger charge is -2.14. The molecule has 2 unspecified atom stereocenters. The maximum absolute atomic E-state index is 10.6. The predicted molar refractivity (Wildman–Crippen MR) is 53.7 cm³/mol. The Bertz CT molecular complexity index is 164. The van der Waals surface area contributed by atoms with E-state index >= 15 is 0 Å². The van der Waals surface area contributed by atoms with E-state index in [9.17, 15) is 4.79 Å². The van der Waals surface area contributed by atoms with Crippen molar-refractivity contribution in [3.63, 3.8) is 0 Å². The maximum Gasteiger partial charge on any atom is 0.234 e. The van der Waals surface area contributed by atoms with Crippen LogP contribution in [0.2, 0.25) is 0 Å². The number of rotatable bonds is 8. The molecule has 0 saturated carbocycles. The molecular weight excluding hydrogens is 184 g/mol. The van der Waals surface area contributed by atoms with E-state index in [1.54, 1.807) is 0 Å². The molecular formula is C9H20N2O3. The first-order chi connectivity index (χ1) is 6.57. The summed E-state index contributed by atoms with van der Waals surface area (Å²) in [6.45, 7) is 5.50. The minimum absolute atomic E-state index is 0.0232. The second kappa shape index (κ2) is 7.73. The Balaban J connectivity index is 3.39. The summed E-state index contributed by atoms with van der Waals surface area (Å²) < 4.78 is 10.5. The SMILES string of the molecule is CCOCC(C)OCCC(N)C(N)=O. The van der Waals surface area contributed by atoms with Crippen LogP contribution in [0.5, 0.6) is 0 Å². The third-order valence-corrected chi connectivity index (χ3v) is 1.75. The van der Waals surface area contributed by atoms with Gasteiger partial charge in [-0.1, -0.05) is 0 Å². The first kappa shape index (κ1) is 13.4. The van der Waals surface area contributed by atoms with E-state index in [0.29, 0.717) is 26.2 Å². The van der Waals surface area contributed by atoms with Crippen LogP contribution in [0.4, 0.5) is 0 Å². The van der Waals surface area contributed by atoms with E-state index in [1.807, 2.05) is 13.8 Å². The Kier molecular flexibility index (Phi) is 7.37. The van der Waals surface area contributed by atoms with Crippen LogP contribution in [-0.4, -0.2) is 37.9 Å². The first-order valence-corrected chi connectivity index (χ1v) is 4.82. The molecule has 0 aromatic heterocycles. The summed E-state index contributed by atoms with van der Waals surface area (Å²) in [5, 5.41) is 0. The molecule has 1 amide bonds. The van der Waals surface area contributed by atoms with Crippen LogP contribution < -0.4 is 11.5 Å². The lowest BCUT2D eigenvalue weighted by Crippen LogP contribution is -2.37. The van der Waals surface area contributed by atoms with E-state index in [-0.39, 0.29) is 6.10 Å². The minimum atomic E-state index is -0.616. The molecule has 5 heteroatoms. The number of hydrogen-bond acceptors (Lipinski definition) is 4. The summed E-state index contributed by atoms with van der Waals surface area (Å²) >= 11 is 0. The van der Waals surface area contributed by atoms with E-state index < -0.39 is 11.9 Å². The molecule has 0 aromatic rings. The van der Waals surface area contributed by atoms with Crippen molar-refractivity contribution in [3.8, 4) is 0 Å². The Morgan fingerprint density at radius 3 is 2.64 bits per heavy atom. The zero-order valence-corrected chi connectivity index (χ0v) is 8.86. The fourth-order valence-corrected chi connectivity index (χ4v) is 0.870. The van der Waals surface area contributed by atoms with E-state index in [1.165, 1.54) is 0 Å². The lowest BCUT2D eigenvalue weighted by atomic mass is 10.2. The second-order valence-corrected chi connectivity index (χ2v) is 3.14. The fourth-order valence-electron chi connectivity index (χ4n) is 0.870. The van der Waals surface area contributed by atoms with Crippen molar-refractivity contribution < 1.29 is 14.3 Å². The van der Waals surface area contributed by atoms with E-state index in [2.05, 4.69) is 0 Å². The van der Waals surface area contributed by atoms with Crippen molar-refractivity contribution in [2.24, 2.45) is 11.5 Å². The van der Waals surface area contributed by atoms with Gasteiger partial charge in [0.25, 0.3) is 0 Å². The van der Waals surface area contributed by atoms with Gasteiger partial charge in [0, 0.05) is 13.2 Å². The molecule has 84 valence electrons. The lowest BCUT2D eigenvalue weighted by molar-refractivity contribution is -0.119. The fraction of sp³-hybridized carbons (Fsp3) is 0.889. The van der Waals surface area contributed by atoms with Crippen LogP contribution in [-0.2, 0) is 14.3 Å². The highest BCUT2D eigenvalue weighted by Gasteiger charge is 2.09. The second-order valence-electron chi connectivity index (χ2n) is 3.14. The van der Waals surface area contributed by atoms with Crippen LogP contribution in [0.15, 0.2) is 0 Å². The van der Waals surface area contributed by atoms with Crippen LogP contribution >= 0.6 is 0 Å². The van der Waals surface area contributed by atoms with Crippen LogP contribution in [0, 0.1) is 0 Å². The Morgan fingerprint density at radius 2 is 2.14 bits per heavy atom. The minimum Gasteiger partial charge on any atom is -0.379 e. The summed E-state index contributed by atoms with van der Waals surface area (Å²) in [6, 6.07) is -0.616. The van der Waals surface area contributed by atoms with Gasteiger partial charge in [-0.05, 0) is 20.3 Å². The van der Waals surface area contributed by atoms with Crippen LogP contribution in [0.3, 0.4) is 0 Å². The molecule has 0 aliphatic heterocycles. The highest BCUT2D eigenvalue weighted by atomic mass is 16.5. The van der Waals surface area contributed by atoms with Crippen molar-refractivity contribution in [2.75, 3.05) is 19.8 Å². The number of carbonyl (C=O) groups excluding carboxylic acids is 1. The van der Waals surface area contributed by atoms with Gasteiger partial charge in [-0.3, -0.25) is 4.79 Å². The van der Waals surface area contributed by atoms with Gasteiger partial charge in [-0.2, -0.15) is 0 Å². The van der Waals surface area contributed by atoms with Gasteiger partial charge in [-0.15, -0.1) is 0 Å². The van der Waals surface area contributed by atoms with Crippen LogP contribution in [0.25, 0.3) is 0 Å². The number of ether oxygens (including phenoxy) is 2. The third kappa shape index (κ3) is 6.82. The van der Waals surface area contributed by atoms with E-state index in [4.69, 9.17) is 20.9 Å². The number of nitrogens with two attached hydrogens (primary N) is 2. The Labute approximate surface area is 84.7 Å². The standard InChI is InChI=1S/C9H20N2O3/c1-3-13-6-7(2)14-5-4-8(10)9(11)12/h7-8H,3-6,10H2,1-2H3,(H2,11,12). The van der Waals surface area contributed by atoms with Crippen LogP contribution in [0.1, 0.15) is 20.3 Å². The van der Waals surface area contributed by atoms with Crippen molar-refractivity contribution in [2.45, 2.75) is 32.4 Å². The van der Waals surface area contributed by atoms with Gasteiger partial charge in [0.05, 0.1) is 18.8 Å². The van der Waals surface area contributed by atoms with Gasteiger partial charge in [-0.25, -0.2) is 0 Å². The highest BCUT2D eigenvalue weighted by Crippen LogP contribution is 1.95. The van der Waals surface area contributed by atoms with Crippen molar-refractivity contribution in [1.82, 2.24) is 0 Å². The van der Waals surface area contributed by atoms with Crippen molar-refractivity contribution in [1.29, 1.82) is 0 Å². The number of primary amides is 1. The molecule has 4 N–H and O–H groups in total. The van der Waals surface area contributed by atoms with Gasteiger partial charge >= 0.3 is 0 Å². The zero-order chi connectivity index (χ0) is 11.0. The van der Waals surface area contributed by atoms with Gasteiger partial charge < -0.3 is 20.9 Å². The molecule has 2 atom stereocenters. The molecule has 0 fully saturated rings. The smallest absolute Gasteiger partial charge is 0.234 e. The Hall–Kier alpha value is -0.650. The van der Waals surface area contributed by atoms with Gasteiger partial charge in [0.2, 0.25) is 5.91 Å². The predicted octanol–water partition coefficient (Wildman–Crippen LogP) is -0.369. The Morgan fingerprint density at radius 1 is 1.50 bits per heavy atom. The molecule has 0 radical (unpaired) electrons. The molecule has 0 rings (SSSR count). The summed E-state index contributed by atoms with van der Waals surface area (Å²) in [5.41, 5.74) is 10.4. The molecule has 5 nitrogen and oxygen atoms in total. The average Bonchev–Trinajstić information content (AvgIpc) is 2.14. The molecule has 0 heterocycles. The molecule has 14 heavy (non-hydrogen) atoms. The van der Waals surface area contributed by atoms with Crippen molar-refractivity contribution >= 4 is 5.91 Å². The topological polar surface area (TPSA) is 87.6 Å². The van der Waals surface area contributed by atoms with E-state index in [0.717, 1.165) is 0 Å². The number of amides is 1. The first-order valence-electron chi connectivity index (χ1n) is 4.82. The monoisotopic (exact) mass is 204 g/mol. The van der Waals surface area contributed by atoms with Crippen molar-refractivity contribution in [3.05, 3.63) is 0 Å². The summed E-state index contributed by atoms with van der Waals surface area (Å²) in [7, 11) is 0. The third-order valence-electron chi connectivity index (χ3n) is 1.75. The molecule has 0 spiro atoms. The highest BCUT2D eigenvalue weighted by molar-refractivity contribution is 5.79. The molecule has 0 aromatic carbocycles. The summed E-state index contributed by atoms with van der Waals surface area (Å²) in [5.74, 6) is -0.494. The summed E-state index contributed by atoms with van der Waals surface area (Å²) in [6.07, 6.45) is 0.473. The van der Waals surface area contributed by atoms with Gasteiger partial charge in [0.1, 0.15) is 0 Å². The largest absolute Gasteiger partial charge is 0.379 e.